The fraction of sp³-hybridized carbons (Fsp3) is 0.941. The maximum absolute atomic E-state index is 11.3. The summed E-state index contributed by atoms with van der Waals surface area (Å²) in [5.74, 6) is 0.197. The Labute approximate surface area is 129 Å². The molecule has 4 heteroatoms. The molecular weight excluding hydrogens is 268 g/mol. The Kier molecular flexibility index (Phi) is 7.14. The Morgan fingerprint density at radius 1 is 1.29 bits per heavy atom. The fourth-order valence-electron chi connectivity index (χ4n) is 2.76. The highest BCUT2D eigenvalue weighted by atomic mass is 16.5. The van der Waals surface area contributed by atoms with Crippen LogP contribution in [0.1, 0.15) is 60.3 Å². The minimum atomic E-state index is -0.736. The molecule has 0 saturated heterocycles. The van der Waals surface area contributed by atoms with Crippen molar-refractivity contribution in [3.8, 4) is 0 Å². The molecule has 0 radical (unpaired) electrons. The number of hydrogen-bond acceptors (Lipinski definition) is 4. The highest BCUT2D eigenvalue weighted by molar-refractivity contribution is 5.71. The molecule has 4 nitrogen and oxygen atoms in total. The van der Waals surface area contributed by atoms with E-state index in [0.29, 0.717) is 11.3 Å². The summed E-state index contributed by atoms with van der Waals surface area (Å²) in [6.07, 6.45) is 4.00. The first-order chi connectivity index (χ1) is 9.74. The third kappa shape index (κ3) is 5.95. The Bertz CT molecular complexity index is 327. The van der Waals surface area contributed by atoms with Crippen molar-refractivity contribution in [1.82, 2.24) is 0 Å². The van der Waals surface area contributed by atoms with E-state index in [-0.39, 0.29) is 31.2 Å². The molecule has 0 amide bonds. The Balaban J connectivity index is 2.29. The number of carbonyl (C=O) groups excluding carboxylic acids is 1. The monoisotopic (exact) mass is 300 g/mol. The molecule has 124 valence electrons. The minimum absolute atomic E-state index is 0.0190. The molecule has 0 bridgehead atoms. The van der Waals surface area contributed by atoms with Crippen LogP contribution in [0, 0.1) is 17.3 Å². The first-order valence-corrected chi connectivity index (χ1v) is 8.21. The molecule has 3 unspecified atom stereocenters. The maximum Gasteiger partial charge on any atom is 0.308 e. The third-order valence-corrected chi connectivity index (χ3v) is 4.78. The molecule has 1 aliphatic rings. The Hall–Kier alpha value is -0.610. The van der Waals surface area contributed by atoms with Crippen molar-refractivity contribution in [3.05, 3.63) is 0 Å². The average Bonchev–Trinajstić information content (AvgIpc) is 2.42. The lowest BCUT2D eigenvalue weighted by molar-refractivity contribution is -0.152. The van der Waals surface area contributed by atoms with Gasteiger partial charge in [-0.25, -0.2) is 0 Å². The maximum atomic E-state index is 11.3. The zero-order valence-electron chi connectivity index (χ0n) is 14.2. The highest BCUT2D eigenvalue weighted by Gasteiger charge is 2.35. The highest BCUT2D eigenvalue weighted by Crippen LogP contribution is 2.42. The van der Waals surface area contributed by atoms with Gasteiger partial charge in [0.25, 0.3) is 0 Å². The average molecular weight is 300 g/mol. The molecule has 1 fully saturated rings. The van der Waals surface area contributed by atoms with E-state index in [0.717, 1.165) is 12.8 Å². The van der Waals surface area contributed by atoms with Gasteiger partial charge in [0.15, 0.2) is 0 Å². The summed E-state index contributed by atoms with van der Waals surface area (Å²) >= 11 is 0. The fourth-order valence-corrected chi connectivity index (χ4v) is 2.76. The van der Waals surface area contributed by atoms with Crippen LogP contribution in [0.2, 0.25) is 0 Å². The second-order valence-electron chi connectivity index (χ2n) is 7.30. The van der Waals surface area contributed by atoms with Gasteiger partial charge in [0.05, 0.1) is 18.6 Å². The summed E-state index contributed by atoms with van der Waals surface area (Å²) in [7, 11) is 0. The molecule has 1 saturated carbocycles. The van der Waals surface area contributed by atoms with E-state index in [9.17, 15) is 9.90 Å². The van der Waals surface area contributed by atoms with Crippen LogP contribution in [-0.2, 0) is 14.3 Å². The van der Waals surface area contributed by atoms with Gasteiger partial charge in [-0.3, -0.25) is 4.79 Å². The molecule has 1 N–H and O–H groups in total. The van der Waals surface area contributed by atoms with Crippen LogP contribution in [0.15, 0.2) is 0 Å². The van der Waals surface area contributed by atoms with Gasteiger partial charge in [-0.05, 0) is 30.6 Å². The summed E-state index contributed by atoms with van der Waals surface area (Å²) in [4.78, 5) is 11.3. The first-order valence-electron chi connectivity index (χ1n) is 8.21. The van der Waals surface area contributed by atoms with Gasteiger partial charge < -0.3 is 14.6 Å². The number of carbonyl (C=O) groups is 1. The molecule has 0 aromatic rings. The molecule has 1 aliphatic carbocycles. The van der Waals surface area contributed by atoms with Gasteiger partial charge in [-0.1, -0.05) is 41.0 Å². The van der Waals surface area contributed by atoms with Gasteiger partial charge in [0.1, 0.15) is 12.7 Å². The topological polar surface area (TPSA) is 55.8 Å². The third-order valence-electron chi connectivity index (χ3n) is 4.78. The molecule has 3 atom stereocenters. The van der Waals surface area contributed by atoms with E-state index in [1.807, 2.05) is 0 Å². The molecule has 21 heavy (non-hydrogen) atoms. The lowest BCUT2D eigenvalue weighted by atomic mass is 9.67. The first kappa shape index (κ1) is 18.4. The van der Waals surface area contributed by atoms with Crippen LogP contribution in [-0.4, -0.2) is 36.5 Å². The van der Waals surface area contributed by atoms with Gasteiger partial charge in [0, 0.05) is 0 Å². The molecular formula is C17H32O4. The minimum Gasteiger partial charge on any atom is -0.463 e. The Morgan fingerprint density at radius 2 is 1.95 bits per heavy atom. The number of rotatable bonds is 7. The van der Waals surface area contributed by atoms with Crippen LogP contribution in [0.4, 0.5) is 0 Å². The number of hydrogen-bond donors (Lipinski definition) is 1. The molecule has 0 aromatic heterocycles. The summed E-state index contributed by atoms with van der Waals surface area (Å²) in [5.41, 5.74) is 0.331. The second-order valence-corrected chi connectivity index (χ2v) is 7.30. The Morgan fingerprint density at radius 3 is 2.52 bits per heavy atom. The van der Waals surface area contributed by atoms with E-state index in [4.69, 9.17) is 9.47 Å². The number of aliphatic hydroxyl groups excluding tert-OH is 1. The van der Waals surface area contributed by atoms with Crippen molar-refractivity contribution >= 4 is 5.97 Å². The lowest BCUT2D eigenvalue weighted by Gasteiger charge is -2.41. The van der Waals surface area contributed by atoms with Crippen molar-refractivity contribution < 1.29 is 19.4 Å². The molecule has 0 spiro atoms. The molecule has 0 heterocycles. The van der Waals surface area contributed by atoms with E-state index in [1.165, 1.54) is 12.8 Å². The van der Waals surface area contributed by atoms with Crippen molar-refractivity contribution in [3.63, 3.8) is 0 Å². The van der Waals surface area contributed by atoms with E-state index >= 15 is 0 Å². The summed E-state index contributed by atoms with van der Waals surface area (Å²) < 4.78 is 10.9. The predicted octanol–water partition coefficient (Wildman–Crippen LogP) is 3.17. The van der Waals surface area contributed by atoms with Crippen LogP contribution in [0.5, 0.6) is 0 Å². The lowest BCUT2D eigenvalue weighted by Crippen LogP contribution is -2.36. The SMILES string of the molecule is CC(C)C(=O)OCC(O)COC1CCCC(C)(C(C)C)C1. The van der Waals surface area contributed by atoms with Crippen molar-refractivity contribution in [2.24, 2.45) is 17.3 Å². The summed E-state index contributed by atoms with van der Waals surface area (Å²) in [6.45, 7) is 10.7. The summed E-state index contributed by atoms with van der Waals surface area (Å²) in [6, 6.07) is 0. The zero-order chi connectivity index (χ0) is 16.0. The van der Waals surface area contributed by atoms with Crippen molar-refractivity contribution in [2.75, 3.05) is 13.2 Å². The van der Waals surface area contributed by atoms with Crippen LogP contribution < -0.4 is 0 Å². The van der Waals surface area contributed by atoms with E-state index < -0.39 is 6.10 Å². The van der Waals surface area contributed by atoms with Crippen LogP contribution in [0.25, 0.3) is 0 Å². The van der Waals surface area contributed by atoms with Crippen LogP contribution in [0.3, 0.4) is 0 Å². The normalized spacial score (nSPS) is 27.9. The second kappa shape index (κ2) is 8.14. The largest absolute Gasteiger partial charge is 0.463 e. The van der Waals surface area contributed by atoms with Gasteiger partial charge >= 0.3 is 5.97 Å². The molecule has 0 aromatic carbocycles. The van der Waals surface area contributed by atoms with Crippen molar-refractivity contribution in [1.29, 1.82) is 0 Å². The zero-order valence-corrected chi connectivity index (χ0v) is 14.2. The number of ether oxygens (including phenoxy) is 2. The molecule has 1 rings (SSSR count). The number of aliphatic hydroxyl groups is 1. The van der Waals surface area contributed by atoms with E-state index in [1.54, 1.807) is 13.8 Å². The standard InChI is InChI=1S/C17H32O4/c1-12(2)16(19)21-11-14(18)10-20-15-7-6-8-17(5,9-15)13(3)4/h12-15,18H,6-11H2,1-5H3. The van der Waals surface area contributed by atoms with Crippen LogP contribution >= 0.6 is 0 Å². The quantitative estimate of drug-likeness (QED) is 0.734. The van der Waals surface area contributed by atoms with Gasteiger partial charge in [-0.15, -0.1) is 0 Å². The smallest absolute Gasteiger partial charge is 0.308 e. The van der Waals surface area contributed by atoms with Crippen molar-refractivity contribution in [2.45, 2.75) is 72.5 Å². The number of esters is 1. The van der Waals surface area contributed by atoms with Gasteiger partial charge in [0.2, 0.25) is 0 Å². The summed E-state index contributed by atoms with van der Waals surface area (Å²) in [5, 5.41) is 9.85. The predicted molar refractivity (Wildman–Crippen MR) is 83.0 cm³/mol. The molecule has 0 aliphatic heterocycles. The van der Waals surface area contributed by atoms with E-state index in [2.05, 4.69) is 20.8 Å². The van der Waals surface area contributed by atoms with Gasteiger partial charge in [-0.2, -0.15) is 0 Å².